The van der Waals surface area contributed by atoms with Crippen molar-refractivity contribution in [2.75, 3.05) is 6.61 Å². The van der Waals surface area contributed by atoms with Crippen LogP contribution in [0.15, 0.2) is 109 Å². The molecule has 3 N–H and O–H groups in total. The van der Waals surface area contributed by atoms with Gasteiger partial charge in [-0.25, -0.2) is 0 Å². The predicted octanol–water partition coefficient (Wildman–Crippen LogP) is 5.76. The van der Waals surface area contributed by atoms with Crippen molar-refractivity contribution in [1.82, 2.24) is 5.32 Å². The lowest BCUT2D eigenvalue weighted by Crippen LogP contribution is -2.54. The molecule has 202 valence electrons. The predicted molar refractivity (Wildman–Crippen MR) is 155 cm³/mol. The Labute approximate surface area is 231 Å². The Balaban J connectivity index is 1.91. The molecule has 4 aromatic carbocycles. The second kappa shape index (κ2) is 12.3. The summed E-state index contributed by atoms with van der Waals surface area (Å²) in [6, 6.07) is 34.7. The molecule has 0 amide bonds. The topological polar surface area (TPSA) is 78.8 Å². The Kier molecular flexibility index (Phi) is 8.85. The third-order valence-electron chi connectivity index (χ3n) is 6.70. The van der Waals surface area contributed by atoms with Gasteiger partial charge in [-0.1, -0.05) is 97.1 Å². The normalized spacial score (nSPS) is 12.6. The Hall–Kier alpha value is -3.93. The van der Waals surface area contributed by atoms with Crippen LogP contribution < -0.4 is 5.32 Å². The number of phenolic OH excluding ortho intramolecular Hbond substituents is 1. The zero-order valence-corrected chi connectivity index (χ0v) is 22.8. The summed E-state index contributed by atoms with van der Waals surface area (Å²) in [5, 5.41) is 23.6. The average molecular weight is 524 g/mol. The minimum absolute atomic E-state index is 0.0665. The van der Waals surface area contributed by atoms with Gasteiger partial charge >= 0.3 is 5.97 Å². The van der Waals surface area contributed by atoms with Crippen LogP contribution in [-0.4, -0.2) is 34.4 Å². The van der Waals surface area contributed by atoms with Gasteiger partial charge in [-0.2, -0.15) is 0 Å². The zero-order chi connectivity index (χ0) is 27.9. The van der Waals surface area contributed by atoms with E-state index in [9.17, 15) is 15.0 Å². The summed E-state index contributed by atoms with van der Waals surface area (Å²) in [4.78, 5) is 13.9. The minimum Gasteiger partial charge on any atom is -0.508 e. The van der Waals surface area contributed by atoms with E-state index in [1.165, 1.54) is 0 Å². The van der Waals surface area contributed by atoms with Crippen LogP contribution in [0.25, 0.3) is 0 Å². The molecule has 0 aliphatic heterocycles. The van der Waals surface area contributed by atoms with Gasteiger partial charge in [-0.15, -0.1) is 0 Å². The lowest BCUT2D eigenvalue weighted by Gasteiger charge is -2.40. The maximum Gasteiger partial charge on any atom is 0.324 e. The van der Waals surface area contributed by atoms with Gasteiger partial charge in [0, 0.05) is 6.61 Å². The fourth-order valence-corrected chi connectivity index (χ4v) is 5.03. The Bertz CT molecular complexity index is 1250. The SMILES string of the molecule is CC(C)(C)OC(=O)[C@H](Cc1ccc(O)cc1CCO)NC(c1ccccc1)(c1ccccc1)c1ccccc1. The Morgan fingerprint density at radius 3 is 1.69 bits per heavy atom. The number of esters is 1. The quantitative estimate of drug-likeness (QED) is 0.182. The smallest absolute Gasteiger partial charge is 0.324 e. The molecule has 0 aliphatic rings. The molecular weight excluding hydrogens is 486 g/mol. The van der Waals surface area contributed by atoms with Crippen LogP contribution in [0.5, 0.6) is 5.75 Å². The monoisotopic (exact) mass is 523 g/mol. The molecule has 39 heavy (non-hydrogen) atoms. The number of nitrogens with one attached hydrogen (secondary N) is 1. The van der Waals surface area contributed by atoms with E-state index < -0.39 is 17.2 Å². The molecule has 0 fully saturated rings. The van der Waals surface area contributed by atoms with Crippen molar-refractivity contribution in [1.29, 1.82) is 0 Å². The summed E-state index contributed by atoms with van der Waals surface area (Å²) >= 11 is 0. The van der Waals surface area contributed by atoms with Gasteiger partial charge in [-0.05, 0) is 73.6 Å². The number of ether oxygens (including phenoxy) is 1. The van der Waals surface area contributed by atoms with Gasteiger partial charge in [0.2, 0.25) is 0 Å². The van der Waals surface area contributed by atoms with Crippen molar-refractivity contribution in [3.05, 3.63) is 137 Å². The van der Waals surface area contributed by atoms with Gasteiger partial charge in [0.25, 0.3) is 0 Å². The number of phenols is 1. The fraction of sp³-hybridized carbons (Fsp3) is 0.265. The third-order valence-corrected chi connectivity index (χ3v) is 6.70. The molecular formula is C34H37NO4. The lowest BCUT2D eigenvalue weighted by atomic mass is 9.76. The average Bonchev–Trinajstić information content (AvgIpc) is 2.93. The highest BCUT2D eigenvalue weighted by Gasteiger charge is 2.41. The molecule has 5 nitrogen and oxygen atoms in total. The first-order valence-corrected chi connectivity index (χ1v) is 13.3. The summed E-state index contributed by atoms with van der Waals surface area (Å²) in [6.07, 6.45) is 0.671. The molecule has 0 unspecified atom stereocenters. The molecule has 0 aliphatic carbocycles. The van der Waals surface area contributed by atoms with Crippen molar-refractivity contribution in [3.8, 4) is 5.75 Å². The van der Waals surface area contributed by atoms with Crippen LogP contribution >= 0.6 is 0 Å². The first-order chi connectivity index (χ1) is 18.7. The van der Waals surface area contributed by atoms with Crippen LogP contribution in [0.2, 0.25) is 0 Å². The van der Waals surface area contributed by atoms with Gasteiger partial charge in [0.15, 0.2) is 0 Å². The second-order valence-corrected chi connectivity index (χ2v) is 10.7. The molecule has 0 heterocycles. The molecule has 0 saturated carbocycles. The number of benzene rings is 4. The van der Waals surface area contributed by atoms with Crippen LogP contribution in [0.4, 0.5) is 0 Å². The molecule has 0 spiro atoms. The maximum absolute atomic E-state index is 13.9. The minimum atomic E-state index is -0.876. The molecule has 0 saturated heterocycles. The van der Waals surface area contributed by atoms with Gasteiger partial charge in [0.05, 0.1) is 5.54 Å². The Morgan fingerprint density at radius 1 is 0.769 bits per heavy atom. The van der Waals surface area contributed by atoms with Gasteiger partial charge in [0.1, 0.15) is 17.4 Å². The maximum atomic E-state index is 13.9. The van der Waals surface area contributed by atoms with Crippen molar-refractivity contribution >= 4 is 5.97 Å². The molecule has 4 aromatic rings. The second-order valence-electron chi connectivity index (χ2n) is 10.7. The van der Waals surface area contributed by atoms with E-state index >= 15 is 0 Å². The first-order valence-electron chi connectivity index (χ1n) is 13.3. The molecule has 1 atom stereocenters. The Morgan fingerprint density at radius 2 is 1.26 bits per heavy atom. The third kappa shape index (κ3) is 6.75. The number of aliphatic hydroxyl groups excluding tert-OH is 1. The number of carbonyl (C=O) groups excluding carboxylic acids is 1. The highest BCUT2D eigenvalue weighted by Crippen LogP contribution is 2.38. The molecule has 0 aromatic heterocycles. The van der Waals surface area contributed by atoms with E-state index in [4.69, 9.17) is 4.74 Å². The summed E-state index contributed by atoms with van der Waals surface area (Å²) in [7, 11) is 0. The largest absolute Gasteiger partial charge is 0.508 e. The standard InChI is InChI=1S/C34H37NO4/c1-33(2,3)39-32(38)31(24-25-19-20-30(37)23-26(25)21-22-36)35-34(27-13-7-4-8-14-27,28-15-9-5-10-16-28)29-17-11-6-12-18-29/h4-20,23,31,35-37H,21-22,24H2,1-3H3/t31-/m0/s1. The van der Waals surface area contributed by atoms with E-state index in [2.05, 4.69) is 41.7 Å². The number of hydrogen-bond donors (Lipinski definition) is 3. The van der Waals surface area contributed by atoms with E-state index in [0.29, 0.717) is 12.8 Å². The van der Waals surface area contributed by atoms with Crippen molar-refractivity contribution in [2.24, 2.45) is 0 Å². The molecule has 0 bridgehead atoms. The summed E-state index contributed by atoms with van der Waals surface area (Å²) in [5.41, 5.74) is 3.03. The lowest BCUT2D eigenvalue weighted by molar-refractivity contribution is -0.157. The fourth-order valence-electron chi connectivity index (χ4n) is 5.03. The summed E-state index contributed by atoms with van der Waals surface area (Å²) in [5.74, 6) is -0.256. The van der Waals surface area contributed by atoms with Crippen LogP contribution in [-0.2, 0) is 27.9 Å². The van der Waals surface area contributed by atoms with Crippen molar-refractivity contribution in [3.63, 3.8) is 0 Å². The number of carbonyl (C=O) groups is 1. The molecule has 0 radical (unpaired) electrons. The molecule has 5 heteroatoms. The number of rotatable bonds is 10. The van der Waals surface area contributed by atoms with Crippen LogP contribution in [0.1, 0.15) is 48.6 Å². The summed E-state index contributed by atoms with van der Waals surface area (Å²) < 4.78 is 5.95. The molecule has 4 rings (SSSR count). The van der Waals surface area contributed by atoms with Gasteiger partial charge in [-0.3, -0.25) is 10.1 Å². The van der Waals surface area contributed by atoms with E-state index in [1.807, 2.05) is 81.4 Å². The number of aliphatic hydroxyl groups is 1. The van der Waals surface area contributed by atoms with Crippen molar-refractivity contribution in [2.45, 2.75) is 50.8 Å². The summed E-state index contributed by atoms with van der Waals surface area (Å²) in [6.45, 7) is 5.51. The van der Waals surface area contributed by atoms with E-state index in [0.717, 1.165) is 27.8 Å². The first kappa shape index (κ1) is 28.1. The van der Waals surface area contributed by atoms with E-state index in [-0.39, 0.29) is 18.3 Å². The zero-order valence-electron chi connectivity index (χ0n) is 22.8. The number of hydrogen-bond acceptors (Lipinski definition) is 5. The van der Waals surface area contributed by atoms with E-state index in [1.54, 1.807) is 12.1 Å². The van der Waals surface area contributed by atoms with Gasteiger partial charge < -0.3 is 14.9 Å². The highest BCUT2D eigenvalue weighted by molar-refractivity contribution is 5.77. The van der Waals surface area contributed by atoms with Crippen LogP contribution in [0, 0.1) is 0 Å². The van der Waals surface area contributed by atoms with Crippen molar-refractivity contribution < 1.29 is 19.7 Å². The highest BCUT2D eigenvalue weighted by atomic mass is 16.6. The van der Waals surface area contributed by atoms with Crippen LogP contribution in [0.3, 0.4) is 0 Å². The number of aromatic hydroxyl groups is 1.